The van der Waals surface area contributed by atoms with Crippen molar-refractivity contribution < 1.29 is 4.74 Å². The van der Waals surface area contributed by atoms with Gasteiger partial charge in [-0.2, -0.15) is 5.10 Å². The molecule has 2 heterocycles. The van der Waals surface area contributed by atoms with Crippen molar-refractivity contribution >= 4 is 11.6 Å². The van der Waals surface area contributed by atoms with E-state index in [-0.39, 0.29) is 0 Å². The average Bonchev–Trinajstić information content (AvgIpc) is 3.02. The average molecular weight is 314 g/mol. The van der Waals surface area contributed by atoms with Crippen LogP contribution in [0.3, 0.4) is 0 Å². The standard InChI is InChI=1S/C16H28ClN3O/c1-5-8-18-13(12-7-9-21-15(12)6-2)10-14-16(17)11(3)19-20(14)4/h12-13,15,18H,5-10H2,1-4H3. The van der Waals surface area contributed by atoms with Gasteiger partial charge in [0.05, 0.1) is 22.5 Å². The van der Waals surface area contributed by atoms with Crippen LogP contribution in [0.15, 0.2) is 0 Å². The molecular formula is C16H28ClN3O. The number of hydrogen-bond acceptors (Lipinski definition) is 3. The predicted octanol–water partition coefficient (Wildman–Crippen LogP) is 3.11. The lowest BCUT2D eigenvalue weighted by atomic mass is 9.88. The van der Waals surface area contributed by atoms with Crippen LogP contribution in [0.1, 0.15) is 44.5 Å². The Morgan fingerprint density at radius 3 is 2.81 bits per heavy atom. The van der Waals surface area contributed by atoms with E-state index >= 15 is 0 Å². The molecule has 0 amide bonds. The lowest BCUT2D eigenvalue weighted by Gasteiger charge is -2.28. The number of aromatic nitrogens is 2. The topological polar surface area (TPSA) is 39.1 Å². The van der Waals surface area contributed by atoms with Crippen molar-refractivity contribution in [1.29, 1.82) is 0 Å². The highest BCUT2D eigenvalue weighted by Gasteiger charge is 2.34. The molecule has 120 valence electrons. The van der Waals surface area contributed by atoms with Gasteiger partial charge in [0.15, 0.2) is 0 Å². The summed E-state index contributed by atoms with van der Waals surface area (Å²) in [7, 11) is 1.98. The number of nitrogens with zero attached hydrogens (tertiary/aromatic N) is 2. The first kappa shape index (κ1) is 16.8. The summed E-state index contributed by atoms with van der Waals surface area (Å²) in [5.41, 5.74) is 2.04. The predicted molar refractivity (Wildman–Crippen MR) is 86.9 cm³/mol. The second-order valence-electron chi connectivity index (χ2n) is 6.00. The monoisotopic (exact) mass is 313 g/mol. The summed E-state index contributed by atoms with van der Waals surface area (Å²) >= 11 is 6.43. The highest BCUT2D eigenvalue weighted by atomic mass is 35.5. The van der Waals surface area contributed by atoms with Crippen LogP contribution in [0.2, 0.25) is 5.02 Å². The quantitative estimate of drug-likeness (QED) is 0.840. The Morgan fingerprint density at radius 2 is 2.24 bits per heavy atom. The lowest BCUT2D eigenvalue weighted by Crippen LogP contribution is -2.42. The fourth-order valence-electron chi connectivity index (χ4n) is 3.36. The van der Waals surface area contributed by atoms with Crippen LogP contribution in [0.4, 0.5) is 0 Å². The van der Waals surface area contributed by atoms with Crippen LogP contribution in [0.25, 0.3) is 0 Å². The van der Waals surface area contributed by atoms with E-state index in [1.807, 2.05) is 18.7 Å². The maximum absolute atomic E-state index is 6.43. The van der Waals surface area contributed by atoms with E-state index in [9.17, 15) is 0 Å². The van der Waals surface area contributed by atoms with Crippen molar-refractivity contribution in [3.05, 3.63) is 16.4 Å². The summed E-state index contributed by atoms with van der Waals surface area (Å²) in [6.45, 7) is 8.29. The van der Waals surface area contributed by atoms with Crippen molar-refractivity contribution in [2.24, 2.45) is 13.0 Å². The number of hydrogen-bond donors (Lipinski definition) is 1. The number of ether oxygens (including phenoxy) is 1. The molecule has 0 saturated carbocycles. The van der Waals surface area contributed by atoms with Crippen LogP contribution < -0.4 is 5.32 Å². The number of halogens is 1. The molecule has 3 atom stereocenters. The molecule has 1 aromatic rings. The minimum atomic E-state index is 0.368. The normalized spacial score (nSPS) is 23.7. The summed E-state index contributed by atoms with van der Waals surface area (Å²) in [4.78, 5) is 0. The van der Waals surface area contributed by atoms with Gasteiger partial charge in [-0.05, 0) is 32.7 Å². The Bertz CT molecular complexity index is 461. The summed E-state index contributed by atoms with van der Waals surface area (Å²) < 4.78 is 7.81. The minimum absolute atomic E-state index is 0.368. The van der Waals surface area contributed by atoms with Crippen molar-refractivity contribution in [2.45, 2.75) is 58.6 Å². The molecule has 0 bridgehead atoms. The van der Waals surface area contributed by atoms with E-state index in [0.29, 0.717) is 18.1 Å². The van der Waals surface area contributed by atoms with E-state index in [4.69, 9.17) is 16.3 Å². The van der Waals surface area contributed by atoms with Gasteiger partial charge in [-0.3, -0.25) is 4.68 Å². The van der Waals surface area contributed by atoms with E-state index < -0.39 is 0 Å². The van der Waals surface area contributed by atoms with Crippen molar-refractivity contribution in [2.75, 3.05) is 13.2 Å². The molecule has 0 aromatic carbocycles. The largest absolute Gasteiger partial charge is 0.378 e. The summed E-state index contributed by atoms with van der Waals surface area (Å²) in [6, 6.07) is 0.407. The molecule has 2 rings (SSSR count). The van der Waals surface area contributed by atoms with Gasteiger partial charge in [0, 0.05) is 32.0 Å². The second-order valence-corrected chi connectivity index (χ2v) is 6.38. The zero-order valence-corrected chi connectivity index (χ0v) is 14.4. The van der Waals surface area contributed by atoms with Crippen LogP contribution in [0.5, 0.6) is 0 Å². The van der Waals surface area contributed by atoms with Gasteiger partial charge in [-0.25, -0.2) is 0 Å². The van der Waals surface area contributed by atoms with Crippen LogP contribution in [0, 0.1) is 12.8 Å². The Balaban J connectivity index is 2.16. The van der Waals surface area contributed by atoms with E-state index in [2.05, 4.69) is 24.3 Å². The molecule has 0 radical (unpaired) electrons. The summed E-state index contributed by atoms with van der Waals surface area (Å²) in [6.07, 6.45) is 4.63. The first-order valence-corrected chi connectivity index (χ1v) is 8.49. The summed E-state index contributed by atoms with van der Waals surface area (Å²) in [5.74, 6) is 0.563. The van der Waals surface area contributed by atoms with Gasteiger partial charge in [-0.1, -0.05) is 25.4 Å². The highest BCUT2D eigenvalue weighted by Crippen LogP contribution is 2.30. The smallest absolute Gasteiger partial charge is 0.0847 e. The molecule has 1 aliphatic heterocycles. The van der Waals surface area contributed by atoms with Gasteiger partial charge >= 0.3 is 0 Å². The number of rotatable bonds is 7. The molecule has 1 fully saturated rings. The SMILES string of the molecule is CCCNC(Cc1c(Cl)c(C)nn1C)C1CCOC1CC. The van der Waals surface area contributed by atoms with Gasteiger partial charge in [0.2, 0.25) is 0 Å². The van der Waals surface area contributed by atoms with Crippen LogP contribution in [-0.2, 0) is 18.2 Å². The molecule has 0 aliphatic carbocycles. The summed E-state index contributed by atoms with van der Waals surface area (Å²) in [5, 5.41) is 8.96. The first-order chi connectivity index (χ1) is 10.1. The number of aryl methyl sites for hydroxylation is 2. The molecular weight excluding hydrogens is 286 g/mol. The van der Waals surface area contributed by atoms with E-state index in [1.165, 1.54) is 0 Å². The molecule has 1 aliphatic rings. The fourth-order valence-corrected chi connectivity index (χ4v) is 3.60. The molecule has 1 saturated heterocycles. The molecule has 5 heteroatoms. The third-order valence-electron chi connectivity index (χ3n) is 4.51. The molecule has 3 unspecified atom stereocenters. The second kappa shape index (κ2) is 7.61. The van der Waals surface area contributed by atoms with Gasteiger partial charge in [0.25, 0.3) is 0 Å². The van der Waals surface area contributed by atoms with Crippen molar-refractivity contribution in [3.63, 3.8) is 0 Å². The Hall–Kier alpha value is -0.580. The lowest BCUT2D eigenvalue weighted by molar-refractivity contribution is 0.0772. The van der Waals surface area contributed by atoms with Crippen molar-refractivity contribution in [3.8, 4) is 0 Å². The van der Waals surface area contributed by atoms with E-state index in [1.54, 1.807) is 0 Å². The molecule has 0 spiro atoms. The minimum Gasteiger partial charge on any atom is -0.378 e. The first-order valence-electron chi connectivity index (χ1n) is 8.11. The zero-order chi connectivity index (χ0) is 15.4. The molecule has 1 N–H and O–H groups in total. The van der Waals surface area contributed by atoms with Crippen molar-refractivity contribution in [1.82, 2.24) is 15.1 Å². The highest BCUT2D eigenvalue weighted by molar-refractivity contribution is 6.31. The van der Waals surface area contributed by atoms with E-state index in [0.717, 1.165) is 55.2 Å². The maximum Gasteiger partial charge on any atom is 0.0847 e. The number of nitrogens with one attached hydrogen (secondary N) is 1. The molecule has 4 nitrogen and oxygen atoms in total. The third-order valence-corrected chi connectivity index (χ3v) is 5.00. The maximum atomic E-state index is 6.43. The zero-order valence-electron chi connectivity index (χ0n) is 13.7. The Labute approximate surface area is 133 Å². The molecule has 21 heavy (non-hydrogen) atoms. The van der Waals surface area contributed by atoms with Gasteiger partial charge in [0.1, 0.15) is 0 Å². The van der Waals surface area contributed by atoms with Crippen LogP contribution in [-0.4, -0.2) is 35.1 Å². The van der Waals surface area contributed by atoms with Gasteiger partial charge in [-0.15, -0.1) is 0 Å². The Morgan fingerprint density at radius 1 is 1.48 bits per heavy atom. The van der Waals surface area contributed by atoms with Crippen LogP contribution >= 0.6 is 11.6 Å². The molecule has 1 aromatic heterocycles. The Kier molecular flexibility index (Phi) is 6.08. The fraction of sp³-hybridized carbons (Fsp3) is 0.812. The third kappa shape index (κ3) is 3.79. The van der Waals surface area contributed by atoms with Gasteiger partial charge < -0.3 is 10.1 Å².